The number of hydrogen-bond acceptors (Lipinski definition) is 5. The van der Waals surface area contributed by atoms with Gasteiger partial charge in [-0.3, -0.25) is 4.79 Å². The van der Waals surface area contributed by atoms with E-state index in [-0.39, 0.29) is 5.91 Å². The van der Waals surface area contributed by atoms with Gasteiger partial charge >= 0.3 is 0 Å². The fourth-order valence-electron chi connectivity index (χ4n) is 2.90. The summed E-state index contributed by atoms with van der Waals surface area (Å²) in [5, 5.41) is 5.60. The van der Waals surface area contributed by atoms with Crippen LogP contribution in [0.5, 0.6) is 0 Å². The first-order valence-electron chi connectivity index (χ1n) is 8.81. The van der Waals surface area contributed by atoms with Crippen molar-refractivity contribution in [3.63, 3.8) is 0 Å². The van der Waals surface area contributed by atoms with Gasteiger partial charge in [0.05, 0.1) is 5.75 Å². The molecule has 0 spiro atoms. The molecule has 1 aliphatic carbocycles. The molecule has 7 heteroatoms. The number of carbonyl (C=O) groups excluding carboxylic acids is 1. The van der Waals surface area contributed by atoms with Crippen LogP contribution in [-0.2, 0) is 10.5 Å². The van der Waals surface area contributed by atoms with Crippen LogP contribution in [0.3, 0.4) is 0 Å². The molecule has 4 nitrogen and oxygen atoms in total. The molecule has 1 saturated carbocycles. The monoisotopic (exact) mass is 407 g/mol. The third kappa shape index (κ3) is 6.18. The van der Waals surface area contributed by atoms with E-state index in [0.29, 0.717) is 11.8 Å². The van der Waals surface area contributed by atoms with Gasteiger partial charge < -0.3 is 5.32 Å². The number of halogens is 1. The summed E-state index contributed by atoms with van der Waals surface area (Å²) >= 11 is 9.26. The second kappa shape index (κ2) is 10.2. The number of rotatable bonds is 7. The SMILES string of the molecule is O=C(CSc1cc(SCc2ccccc2Cl)ncn1)NC1CCCCC1. The number of amides is 1. The molecule has 0 aliphatic heterocycles. The molecule has 1 N–H and O–H groups in total. The molecule has 0 unspecified atom stereocenters. The van der Waals surface area contributed by atoms with E-state index < -0.39 is 0 Å². The highest BCUT2D eigenvalue weighted by molar-refractivity contribution is 8.00. The Morgan fingerprint density at radius 1 is 1.12 bits per heavy atom. The molecule has 3 rings (SSSR count). The van der Waals surface area contributed by atoms with Gasteiger partial charge in [-0.25, -0.2) is 9.97 Å². The molecule has 1 fully saturated rings. The average molecular weight is 408 g/mol. The lowest BCUT2D eigenvalue weighted by molar-refractivity contribution is -0.119. The third-order valence-corrected chi connectivity index (χ3v) is 6.54. The van der Waals surface area contributed by atoms with Crippen LogP contribution in [0.1, 0.15) is 37.7 Å². The lowest BCUT2D eigenvalue weighted by atomic mass is 9.95. The fraction of sp³-hybridized carbons (Fsp3) is 0.421. The van der Waals surface area contributed by atoms with E-state index in [0.717, 1.165) is 39.2 Å². The topological polar surface area (TPSA) is 54.9 Å². The van der Waals surface area contributed by atoms with Gasteiger partial charge in [0.2, 0.25) is 5.91 Å². The Balaban J connectivity index is 1.47. The molecule has 1 aliphatic rings. The molecule has 138 valence electrons. The number of carbonyl (C=O) groups is 1. The minimum Gasteiger partial charge on any atom is -0.353 e. The Morgan fingerprint density at radius 3 is 2.62 bits per heavy atom. The van der Waals surface area contributed by atoms with Gasteiger partial charge in [-0.2, -0.15) is 0 Å². The second-order valence-corrected chi connectivity index (χ2v) is 8.66. The molecule has 0 saturated heterocycles. The Labute approximate surface area is 167 Å². The van der Waals surface area contributed by atoms with Crippen LogP contribution in [0.15, 0.2) is 46.7 Å². The molecule has 1 aromatic carbocycles. The van der Waals surface area contributed by atoms with Gasteiger partial charge in [0, 0.05) is 22.9 Å². The highest BCUT2D eigenvalue weighted by Gasteiger charge is 2.15. The highest BCUT2D eigenvalue weighted by atomic mass is 35.5. The van der Waals surface area contributed by atoms with Gasteiger partial charge in [-0.1, -0.05) is 60.8 Å². The Kier molecular flexibility index (Phi) is 7.65. The van der Waals surface area contributed by atoms with Crippen molar-refractivity contribution in [2.45, 2.75) is 54.0 Å². The number of aromatic nitrogens is 2. The Bertz CT molecular complexity index is 738. The number of thioether (sulfide) groups is 2. The first-order valence-corrected chi connectivity index (χ1v) is 11.2. The summed E-state index contributed by atoms with van der Waals surface area (Å²) in [5.74, 6) is 1.23. The van der Waals surface area contributed by atoms with Crippen molar-refractivity contribution in [2.24, 2.45) is 0 Å². The average Bonchev–Trinajstić information content (AvgIpc) is 2.67. The third-order valence-electron chi connectivity index (χ3n) is 4.27. The van der Waals surface area contributed by atoms with E-state index in [2.05, 4.69) is 15.3 Å². The maximum Gasteiger partial charge on any atom is 0.230 e. The highest BCUT2D eigenvalue weighted by Crippen LogP contribution is 2.27. The van der Waals surface area contributed by atoms with E-state index in [1.807, 2.05) is 30.3 Å². The molecule has 0 bridgehead atoms. The van der Waals surface area contributed by atoms with Crippen molar-refractivity contribution < 1.29 is 4.79 Å². The molecule has 1 heterocycles. The molecule has 0 atom stereocenters. The molecule has 26 heavy (non-hydrogen) atoms. The van der Waals surface area contributed by atoms with Crippen molar-refractivity contribution in [1.82, 2.24) is 15.3 Å². The van der Waals surface area contributed by atoms with Gasteiger partial charge in [0.15, 0.2) is 0 Å². The lowest BCUT2D eigenvalue weighted by Gasteiger charge is -2.22. The van der Waals surface area contributed by atoms with Crippen molar-refractivity contribution >= 4 is 41.0 Å². The predicted molar refractivity (Wildman–Crippen MR) is 109 cm³/mol. The first kappa shape index (κ1) is 19.5. The summed E-state index contributed by atoms with van der Waals surface area (Å²) in [6, 6.07) is 10.1. The van der Waals surface area contributed by atoms with Crippen LogP contribution >= 0.6 is 35.1 Å². The Hall–Kier alpha value is -1.24. The quantitative estimate of drug-likeness (QED) is 0.519. The summed E-state index contributed by atoms with van der Waals surface area (Å²) in [4.78, 5) is 20.7. The first-order chi connectivity index (χ1) is 12.7. The van der Waals surface area contributed by atoms with Crippen molar-refractivity contribution in [3.05, 3.63) is 47.2 Å². The summed E-state index contributed by atoms with van der Waals surface area (Å²) in [7, 11) is 0. The van der Waals surface area contributed by atoms with Crippen LogP contribution in [0, 0.1) is 0 Å². The van der Waals surface area contributed by atoms with Crippen LogP contribution < -0.4 is 5.32 Å². The number of nitrogens with zero attached hydrogens (tertiary/aromatic N) is 2. The zero-order valence-electron chi connectivity index (χ0n) is 14.5. The van der Waals surface area contributed by atoms with E-state index in [1.165, 1.54) is 31.0 Å². The minimum atomic E-state index is 0.0887. The van der Waals surface area contributed by atoms with Crippen molar-refractivity contribution in [1.29, 1.82) is 0 Å². The van der Waals surface area contributed by atoms with E-state index in [1.54, 1.807) is 18.1 Å². The van der Waals surface area contributed by atoms with E-state index in [4.69, 9.17) is 11.6 Å². The van der Waals surface area contributed by atoms with Gasteiger partial charge in [0.25, 0.3) is 0 Å². The van der Waals surface area contributed by atoms with Crippen LogP contribution in [0.4, 0.5) is 0 Å². The maximum atomic E-state index is 12.1. The largest absolute Gasteiger partial charge is 0.353 e. The number of hydrogen-bond donors (Lipinski definition) is 1. The number of nitrogens with one attached hydrogen (secondary N) is 1. The fourth-order valence-corrected chi connectivity index (χ4v) is 4.81. The predicted octanol–water partition coefficient (Wildman–Crippen LogP) is 4.96. The molecule has 2 aromatic rings. The van der Waals surface area contributed by atoms with Gasteiger partial charge in [0.1, 0.15) is 16.4 Å². The van der Waals surface area contributed by atoms with Crippen LogP contribution in [-0.4, -0.2) is 27.7 Å². The molecule has 0 radical (unpaired) electrons. The maximum absolute atomic E-state index is 12.1. The summed E-state index contributed by atoms with van der Waals surface area (Å²) in [5.41, 5.74) is 1.08. The van der Waals surface area contributed by atoms with E-state index in [9.17, 15) is 4.79 Å². The second-order valence-electron chi connectivity index (χ2n) is 6.27. The van der Waals surface area contributed by atoms with Crippen LogP contribution in [0.25, 0.3) is 0 Å². The normalized spacial score (nSPS) is 15.0. The summed E-state index contributed by atoms with van der Waals surface area (Å²) in [6.07, 6.45) is 7.48. The van der Waals surface area contributed by atoms with Crippen molar-refractivity contribution in [3.8, 4) is 0 Å². The number of benzene rings is 1. The minimum absolute atomic E-state index is 0.0887. The smallest absolute Gasteiger partial charge is 0.230 e. The van der Waals surface area contributed by atoms with E-state index >= 15 is 0 Å². The van der Waals surface area contributed by atoms with Gasteiger partial charge in [-0.05, 0) is 24.5 Å². The Morgan fingerprint density at radius 2 is 1.85 bits per heavy atom. The van der Waals surface area contributed by atoms with Crippen LogP contribution in [0.2, 0.25) is 5.02 Å². The molecule has 1 aromatic heterocycles. The van der Waals surface area contributed by atoms with Gasteiger partial charge in [-0.15, -0.1) is 11.8 Å². The summed E-state index contributed by atoms with van der Waals surface area (Å²) in [6.45, 7) is 0. The van der Waals surface area contributed by atoms with Crippen molar-refractivity contribution in [2.75, 3.05) is 5.75 Å². The standard InChI is InChI=1S/C19H22ClN3OS2/c20-16-9-5-4-6-14(16)11-25-18-10-19(22-13-21-18)26-12-17(24)23-15-7-2-1-3-8-15/h4-6,9-10,13,15H,1-3,7-8,11-12H2,(H,23,24). The molecular formula is C19H22ClN3OS2. The summed E-state index contributed by atoms with van der Waals surface area (Å²) < 4.78 is 0. The molecule has 1 amide bonds. The zero-order valence-corrected chi connectivity index (χ0v) is 16.9. The molecular weight excluding hydrogens is 386 g/mol. The lowest BCUT2D eigenvalue weighted by Crippen LogP contribution is -2.37. The zero-order chi connectivity index (χ0) is 18.2.